The topological polar surface area (TPSA) is 68.1 Å². The van der Waals surface area contributed by atoms with Gasteiger partial charge in [-0.25, -0.2) is 22.0 Å². The van der Waals surface area contributed by atoms with Crippen molar-refractivity contribution in [3.63, 3.8) is 0 Å². The summed E-state index contributed by atoms with van der Waals surface area (Å²) in [5.41, 5.74) is 2.74. The Hall–Kier alpha value is -3.66. The van der Waals surface area contributed by atoms with E-state index in [0.717, 1.165) is 35.4 Å². The Balaban J connectivity index is 1.32. The molecular formula is C33H29ClF2N4O2S. The molecule has 43 heavy (non-hydrogen) atoms. The van der Waals surface area contributed by atoms with Crippen molar-refractivity contribution in [1.29, 1.82) is 0 Å². The minimum atomic E-state index is -2.96. The molecule has 2 fully saturated rings. The zero-order chi connectivity index (χ0) is 29.9. The van der Waals surface area contributed by atoms with Crippen molar-refractivity contribution in [2.75, 3.05) is 0 Å². The van der Waals surface area contributed by atoms with Gasteiger partial charge in [0, 0.05) is 28.2 Å². The van der Waals surface area contributed by atoms with Crippen molar-refractivity contribution in [3.8, 4) is 5.69 Å². The van der Waals surface area contributed by atoms with Crippen molar-refractivity contribution >= 4 is 39.0 Å². The molecule has 3 atom stereocenters. The van der Waals surface area contributed by atoms with Crippen LogP contribution in [0.1, 0.15) is 53.8 Å². The van der Waals surface area contributed by atoms with Crippen LogP contribution >= 0.6 is 11.6 Å². The zero-order valence-electron chi connectivity index (χ0n) is 23.3. The zero-order valence-corrected chi connectivity index (χ0v) is 24.8. The highest BCUT2D eigenvalue weighted by molar-refractivity contribution is 7.98. The molecule has 3 aliphatic carbocycles. The molecular weight excluding hydrogens is 590 g/mol. The number of carbonyl (C=O) groups excluding carboxylic acids is 1. The molecule has 0 bridgehead atoms. The summed E-state index contributed by atoms with van der Waals surface area (Å²) < 4.78 is 45.6. The van der Waals surface area contributed by atoms with Crippen LogP contribution in [0.4, 0.5) is 8.78 Å². The van der Waals surface area contributed by atoms with Crippen LogP contribution in [0.2, 0.25) is 5.02 Å². The molecule has 7 rings (SSSR count). The average molecular weight is 619 g/mol. The fourth-order valence-corrected chi connectivity index (χ4v) is 9.06. The van der Waals surface area contributed by atoms with Crippen molar-refractivity contribution in [2.45, 2.75) is 55.5 Å². The van der Waals surface area contributed by atoms with Crippen molar-refractivity contribution in [2.24, 2.45) is 5.41 Å². The van der Waals surface area contributed by atoms with Crippen molar-refractivity contribution < 1.29 is 17.8 Å². The maximum atomic E-state index is 14.6. The number of halogens is 3. The first-order chi connectivity index (χ1) is 20.7. The van der Waals surface area contributed by atoms with Crippen LogP contribution in [0, 0.1) is 17.0 Å². The summed E-state index contributed by atoms with van der Waals surface area (Å²) in [5.74, 6) is 3.32. The summed E-state index contributed by atoms with van der Waals surface area (Å²) in [7, 11) is -2.96. The Morgan fingerprint density at radius 2 is 1.72 bits per heavy atom. The van der Waals surface area contributed by atoms with E-state index in [0.29, 0.717) is 35.6 Å². The quantitative estimate of drug-likeness (QED) is 0.170. The van der Waals surface area contributed by atoms with Crippen molar-refractivity contribution in [3.05, 3.63) is 112 Å². The van der Waals surface area contributed by atoms with Crippen LogP contribution in [0.3, 0.4) is 0 Å². The fourth-order valence-electron chi connectivity index (χ4n) is 6.74. The van der Waals surface area contributed by atoms with Gasteiger partial charge in [-0.1, -0.05) is 17.2 Å². The van der Waals surface area contributed by atoms with Gasteiger partial charge in [-0.2, -0.15) is 5.10 Å². The molecule has 2 heterocycles. The SMILES string of the molecule is C=S(=O)(c1ccc(F)cc1)N(C1CC1)[C@H]1CCC2=Cc3c(cnn3-c3ccc(F)cc3)C[C@]2(C(=O)c2cc(Cl)ccn2)C1. The summed E-state index contributed by atoms with van der Waals surface area (Å²) in [6.45, 7) is 0. The van der Waals surface area contributed by atoms with Crippen LogP contribution in [-0.4, -0.2) is 47.0 Å². The molecule has 220 valence electrons. The van der Waals surface area contributed by atoms with Gasteiger partial charge in [-0.15, -0.1) is 0 Å². The molecule has 0 aliphatic heterocycles. The second-order valence-electron chi connectivity index (χ2n) is 11.6. The number of benzene rings is 2. The van der Waals surface area contributed by atoms with Gasteiger partial charge in [-0.3, -0.25) is 9.78 Å². The van der Waals surface area contributed by atoms with Gasteiger partial charge in [0.05, 0.1) is 32.7 Å². The van der Waals surface area contributed by atoms with E-state index >= 15 is 0 Å². The van der Waals surface area contributed by atoms with Crippen LogP contribution in [0.5, 0.6) is 0 Å². The number of rotatable bonds is 7. The van der Waals surface area contributed by atoms with Crippen LogP contribution < -0.4 is 0 Å². The number of hydrogen-bond acceptors (Lipinski definition) is 4. The summed E-state index contributed by atoms with van der Waals surface area (Å²) >= 11 is 6.30. The van der Waals surface area contributed by atoms with Crippen LogP contribution in [-0.2, 0) is 16.1 Å². The fraction of sp³-hybridized carbons (Fsp3) is 0.273. The molecule has 4 aromatic rings. The molecule has 2 aromatic heterocycles. The van der Waals surface area contributed by atoms with E-state index in [4.69, 9.17) is 11.6 Å². The monoisotopic (exact) mass is 618 g/mol. The Labute approximate surface area is 254 Å². The van der Waals surface area contributed by atoms with Crippen LogP contribution in [0.25, 0.3) is 11.8 Å². The Kier molecular flexibility index (Phi) is 6.87. The maximum Gasteiger partial charge on any atom is 0.191 e. The Bertz CT molecular complexity index is 1870. The number of allylic oxidation sites excluding steroid dienone is 1. The summed E-state index contributed by atoms with van der Waals surface area (Å²) in [6, 6.07) is 14.9. The summed E-state index contributed by atoms with van der Waals surface area (Å²) in [6.07, 6.45) is 9.17. The molecule has 1 unspecified atom stereocenters. The third kappa shape index (κ3) is 4.93. The second-order valence-corrected chi connectivity index (χ2v) is 14.3. The molecule has 0 N–H and O–H groups in total. The largest absolute Gasteiger partial charge is 0.291 e. The minimum absolute atomic E-state index is 0.0717. The van der Waals surface area contributed by atoms with Gasteiger partial charge in [0.25, 0.3) is 0 Å². The highest BCUT2D eigenvalue weighted by Gasteiger charge is 2.53. The molecule has 3 aliphatic rings. The molecule has 2 saturated carbocycles. The van der Waals surface area contributed by atoms with E-state index < -0.39 is 20.9 Å². The predicted octanol–water partition coefficient (Wildman–Crippen LogP) is 6.72. The highest BCUT2D eigenvalue weighted by Crippen LogP contribution is 2.52. The number of carbonyl (C=O) groups is 1. The van der Waals surface area contributed by atoms with E-state index in [1.54, 1.807) is 47.3 Å². The third-order valence-electron chi connectivity index (χ3n) is 8.88. The van der Waals surface area contributed by atoms with E-state index in [2.05, 4.69) is 16.0 Å². The molecule has 2 aromatic carbocycles. The van der Waals surface area contributed by atoms with Crippen molar-refractivity contribution in [1.82, 2.24) is 19.1 Å². The lowest BCUT2D eigenvalue weighted by Crippen LogP contribution is -2.51. The van der Waals surface area contributed by atoms with E-state index in [9.17, 15) is 17.8 Å². The number of fused-ring (bicyclic) bond motifs is 2. The number of ketones is 1. The Morgan fingerprint density at radius 3 is 2.40 bits per heavy atom. The molecule has 0 amide bonds. The van der Waals surface area contributed by atoms with Gasteiger partial charge in [0.2, 0.25) is 0 Å². The van der Waals surface area contributed by atoms with Gasteiger partial charge in [0.15, 0.2) is 5.78 Å². The number of pyridine rings is 1. The highest BCUT2D eigenvalue weighted by atomic mass is 35.5. The van der Waals surface area contributed by atoms with Gasteiger partial charge in [-0.05, 0) is 117 Å². The van der Waals surface area contributed by atoms with Gasteiger partial charge in [0.1, 0.15) is 17.3 Å². The molecule has 0 radical (unpaired) electrons. The smallest absolute Gasteiger partial charge is 0.191 e. The first-order valence-electron chi connectivity index (χ1n) is 14.3. The minimum Gasteiger partial charge on any atom is -0.291 e. The summed E-state index contributed by atoms with van der Waals surface area (Å²) in [4.78, 5) is 19.4. The number of aromatic nitrogens is 3. The summed E-state index contributed by atoms with van der Waals surface area (Å²) in [5, 5.41) is 5.04. The first kappa shape index (κ1) is 28.1. The lowest BCUT2D eigenvalue weighted by Gasteiger charge is -2.47. The average Bonchev–Trinajstić information content (AvgIpc) is 3.74. The van der Waals surface area contributed by atoms with E-state index in [1.807, 2.05) is 10.4 Å². The lowest BCUT2D eigenvalue weighted by molar-refractivity contribution is 0.0736. The predicted molar refractivity (Wildman–Crippen MR) is 164 cm³/mol. The molecule has 0 spiro atoms. The standard InChI is InChI=1S/C33H29ClF2N4O2S/c1-43(42,29-12-5-25(36)6-13-29)40(27-10-11-27)28-7-2-22-16-31-21(20-38-39(31)26-8-3-24(35)4-9-26)18-33(22,19-28)32(41)30-17-23(34)14-15-37-30/h3-6,8-9,12-17,20,27-28H,1-2,7,10-11,18-19H2/t28-,33-,43?/m0/s1. The molecule has 0 saturated heterocycles. The first-order valence-corrected chi connectivity index (χ1v) is 16.3. The van der Waals surface area contributed by atoms with E-state index in [1.165, 1.54) is 30.5 Å². The van der Waals surface area contributed by atoms with Gasteiger partial charge >= 0.3 is 0 Å². The number of Topliss-reactive ketones (excluding diaryl/α,β-unsaturated/α-hetero) is 1. The van der Waals surface area contributed by atoms with Gasteiger partial charge < -0.3 is 0 Å². The third-order valence-corrected chi connectivity index (χ3v) is 11.4. The normalized spacial score (nSPS) is 22.8. The van der Waals surface area contributed by atoms with E-state index in [-0.39, 0.29) is 29.4 Å². The van der Waals surface area contributed by atoms with Crippen LogP contribution in [0.15, 0.2) is 83.5 Å². The number of nitrogens with zero attached hydrogens (tertiary/aromatic N) is 4. The maximum absolute atomic E-state index is 14.6. The Morgan fingerprint density at radius 1 is 1.02 bits per heavy atom. The lowest BCUT2D eigenvalue weighted by atomic mass is 9.60. The molecule has 10 heteroatoms. The second kappa shape index (κ2) is 10.5. The number of hydrogen-bond donors (Lipinski definition) is 0. The molecule has 6 nitrogen and oxygen atoms in total.